The molecule has 3 rings (SSSR count). The molecule has 1 saturated carbocycles. The second-order valence-corrected chi connectivity index (χ2v) is 9.38. The number of sulfonamides is 1. The van der Waals surface area contributed by atoms with Crippen molar-refractivity contribution < 1.29 is 13.2 Å². The number of para-hydroxylation sites is 1. The van der Waals surface area contributed by atoms with Gasteiger partial charge in [-0.05, 0) is 50.5 Å². The van der Waals surface area contributed by atoms with Gasteiger partial charge in [0.25, 0.3) is 10.0 Å². The summed E-state index contributed by atoms with van der Waals surface area (Å²) in [6.07, 6.45) is 5.33. The summed E-state index contributed by atoms with van der Waals surface area (Å²) in [5, 5.41) is 3.03. The molecule has 0 aliphatic heterocycles. The van der Waals surface area contributed by atoms with Crippen LogP contribution in [0.15, 0.2) is 53.4 Å². The molecule has 2 aromatic rings. The van der Waals surface area contributed by atoms with E-state index in [2.05, 4.69) is 5.32 Å². The molecule has 0 bridgehead atoms. The Labute approximate surface area is 167 Å². The zero-order valence-corrected chi connectivity index (χ0v) is 17.3. The van der Waals surface area contributed by atoms with Gasteiger partial charge in [-0.3, -0.25) is 9.10 Å². The highest BCUT2D eigenvalue weighted by Gasteiger charge is 2.29. The maximum absolute atomic E-state index is 13.4. The summed E-state index contributed by atoms with van der Waals surface area (Å²) in [6, 6.07) is 14.1. The van der Waals surface area contributed by atoms with E-state index in [-0.39, 0.29) is 23.4 Å². The van der Waals surface area contributed by atoms with E-state index in [1.54, 1.807) is 36.4 Å². The Hall–Kier alpha value is -2.34. The average molecular weight is 401 g/mol. The summed E-state index contributed by atoms with van der Waals surface area (Å²) in [5.41, 5.74) is 2.32. The fourth-order valence-electron chi connectivity index (χ4n) is 3.63. The van der Waals surface area contributed by atoms with Gasteiger partial charge in [0.15, 0.2) is 0 Å². The topological polar surface area (TPSA) is 66.5 Å². The first-order chi connectivity index (χ1) is 13.4. The van der Waals surface area contributed by atoms with Gasteiger partial charge in [0.1, 0.15) is 6.54 Å². The number of carbonyl (C=O) groups is 1. The summed E-state index contributed by atoms with van der Waals surface area (Å²) in [7, 11) is -3.86. The third-order valence-corrected chi connectivity index (χ3v) is 7.02. The highest BCUT2D eigenvalue weighted by molar-refractivity contribution is 7.92. The smallest absolute Gasteiger partial charge is 0.264 e. The van der Waals surface area contributed by atoms with Gasteiger partial charge in [0, 0.05) is 6.04 Å². The molecule has 1 amide bonds. The van der Waals surface area contributed by atoms with Crippen LogP contribution in [0, 0.1) is 13.8 Å². The average Bonchev–Trinajstić information content (AvgIpc) is 2.68. The lowest BCUT2D eigenvalue weighted by atomic mass is 9.95. The Bertz CT molecular complexity index is 917. The number of carbonyl (C=O) groups excluding carboxylic acids is 1. The minimum Gasteiger partial charge on any atom is -0.352 e. The quantitative estimate of drug-likeness (QED) is 0.798. The van der Waals surface area contributed by atoms with E-state index in [4.69, 9.17) is 0 Å². The molecular formula is C22H28N2O3S. The van der Waals surface area contributed by atoms with Crippen LogP contribution in [-0.4, -0.2) is 26.9 Å². The lowest BCUT2D eigenvalue weighted by molar-refractivity contribution is -0.120. The Morgan fingerprint density at radius 3 is 2.29 bits per heavy atom. The number of nitrogens with zero attached hydrogens (tertiary/aromatic N) is 1. The SMILES string of the molecule is Cc1ccc(S(=O)(=O)N(CC(=O)NC2CCCCC2)c2ccccc2C)cc1. The number of anilines is 1. The minimum atomic E-state index is -3.86. The van der Waals surface area contributed by atoms with Crippen LogP contribution in [0.25, 0.3) is 0 Å². The van der Waals surface area contributed by atoms with E-state index in [1.165, 1.54) is 10.7 Å². The Morgan fingerprint density at radius 1 is 1.00 bits per heavy atom. The number of hydrogen-bond donors (Lipinski definition) is 1. The number of amides is 1. The van der Waals surface area contributed by atoms with Crippen LogP contribution in [0.5, 0.6) is 0 Å². The predicted molar refractivity (Wildman–Crippen MR) is 112 cm³/mol. The van der Waals surface area contributed by atoms with Crippen molar-refractivity contribution in [1.29, 1.82) is 0 Å². The van der Waals surface area contributed by atoms with Crippen LogP contribution in [0.4, 0.5) is 5.69 Å². The first-order valence-corrected chi connectivity index (χ1v) is 11.3. The number of rotatable bonds is 6. The van der Waals surface area contributed by atoms with Crippen LogP contribution in [-0.2, 0) is 14.8 Å². The fourth-order valence-corrected chi connectivity index (χ4v) is 5.12. The molecule has 0 radical (unpaired) electrons. The van der Waals surface area contributed by atoms with Crippen molar-refractivity contribution in [2.75, 3.05) is 10.8 Å². The van der Waals surface area contributed by atoms with E-state index < -0.39 is 10.0 Å². The molecule has 5 nitrogen and oxygen atoms in total. The molecule has 1 aliphatic carbocycles. The number of benzene rings is 2. The van der Waals surface area contributed by atoms with Crippen molar-refractivity contribution >= 4 is 21.6 Å². The van der Waals surface area contributed by atoms with Gasteiger partial charge >= 0.3 is 0 Å². The van der Waals surface area contributed by atoms with Gasteiger partial charge in [-0.2, -0.15) is 0 Å². The van der Waals surface area contributed by atoms with Crippen molar-refractivity contribution in [3.63, 3.8) is 0 Å². The second-order valence-electron chi connectivity index (χ2n) is 7.51. The van der Waals surface area contributed by atoms with Crippen molar-refractivity contribution in [2.45, 2.75) is 56.9 Å². The zero-order chi connectivity index (χ0) is 20.1. The van der Waals surface area contributed by atoms with E-state index in [9.17, 15) is 13.2 Å². The minimum absolute atomic E-state index is 0.141. The second kappa shape index (κ2) is 8.78. The van der Waals surface area contributed by atoms with Gasteiger partial charge < -0.3 is 5.32 Å². The van der Waals surface area contributed by atoms with Crippen LogP contribution in [0.1, 0.15) is 43.2 Å². The largest absolute Gasteiger partial charge is 0.352 e. The van der Waals surface area contributed by atoms with Crippen LogP contribution in [0.2, 0.25) is 0 Å². The lowest BCUT2D eigenvalue weighted by Gasteiger charge is -2.28. The molecule has 6 heteroatoms. The Kier molecular flexibility index (Phi) is 6.39. The predicted octanol–water partition coefficient (Wildman–Crippen LogP) is 3.95. The zero-order valence-electron chi connectivity index (χ0n) is 16.5. The molecule has 0 aromatic heterocycles. The Morgan fingerprint density at radius 2 is 1.64 bits per heavy atom. The molecule has 0 saturated heterocycles. The summed E-state index contributed by atoms with van der Waals surface area (Å²) in [6.45, 7) is 3.54. The van der Waals surface area contributed by atoms with Crippen molar-refractivity contribution in [2.24, 2.45) is 0 Å². The van der Waals surface area contributed by atoms with E-state index in [0.717, 1.165) is 36.8 Å². The molecule has 0 heterocycles. The molecule has 150 valence electrons. The molecule has 0 unspecified atom stereocenters. The van der Waals surface area contributed by atoms with Crippen molar-refractivity contribution in [1.82, 2.24) is 5.32 Å². The van der Waals surface area contributed by atoms with Crippen LogP contribution >= 0.6 is 0 Å². The van der Waals surface area contributed by atoms with E-state index >= 15 is 0 Å². The van der Waals surface area contributed by atoms with Crippen molar-refractivity contribution in [3.05, 3.63) is 59.7 Å². The first-order valence-electron chi connectivity index (χ1n) is 9.82. The van der Waals surface area contributed by atoms with Gasteiger partial charge in [-0.15, -0.1) is 0 Å². The third kappa shape index (κ3) is 4.73. The fraction of sp³-hybridized carbons (Fsp3) is 0.409. The highest BCUT2D eigenvalue weighted by Crippen LogP contribution is 2.27. The van der Waals surface area contributed by atoms with E-state index in [1.807, 2.05) is 26.0 Å². The van der Waals surface area contributed by atoms with Gasteiger partial charge in [-0.25, -0.2) is 8.42 Å². The molecular weight excluding hydrogens is 372 g/mol. The summed E-state index contributed by atoms with van der Waals surface area (Å²) in [4.78, 5) is 12.9. The summed E-state index contributed by atoms with van der Waals surface area (Å²) < 4.78 is 28.0. The van der Waals surface area contributed by atoms with E-state index in [0.29, 0.717) is 5.69 Å². The molecule has 0 spiro atoms. The normalized spacial score (nSPS) is 15.2. The maximum atomic E-state index is 13.4. The number of nitrogens with one attached hydrogen (secondary N) is 1. The maximum Gasteiger partial charge on any atom is 0.264 e. The molecule has 2 aromatic carbocycles. The van der Waals surface area contributed by atoms with Gasteiger partial charge in [0.05, 0.1) is 10.6 Å². The first kappa shape index (κ1) is 20.4. The molecule has 0 atom stereocenters. The standard InChI is InChI=1S/C22H28N2O3S/c1-17-12-14-20(15-13-17)28(26,27)24(21-11-7-6-8-18(21)2)16-22(25)23-19-9-4-3-5-10-19/h6-8,11-15,19H,3-5,9-10,16H2,1-2H3,(H,23,25). The molecule has 1 fully saturated rings. The molecule has 28 heavy (non-hydrogen) atoms. The van der Waals surface area contributed by atoms with Gasteiger partial charge in [-0.1, -0.05) is 55.2 Å². The molecule has 1 N–H and O–H groups in total. The number of aryl methyl sites for hydroxylation is 2. The summed E-state index contributed by atoms with van der Waals surface area (Å²) >= 11 is 0. The third-order valence-electron chi connectivity index (χ3n) is 5.25. The summed E-state index contributed by atoms with van der Waals surface area (Å²) in [5.74, 6) is -0.258. The monoisotopic (exact) mass is 400 g/mol. The lowest BCUT2D eigenvalue weighted by Crippen LogP contribution is -2.45. The van der Waals surface area contributed by atoms with Crippen LogP contribution in [0.3, 0.4) is 0 Å². The van der Waals surface area contributed by atoms with Gasteiger partial charge in [0.2, 0.25) is 5.91 Å². The van der Waals surface area contributed by atoms with Crippen LogP contribution < -0.4 is 9.62 Å². The number of hydrogen-bond acceptors (Lipinski definition) is 3. The molecule has 1 aliphatic rings. The highest BCUT2D eigenvalue weighted by atomic mass is 32.2. The Balaban J connectivity index is 1.90. The van der Waals surface area contributed by atoms with Crippen molar-refractivity contribution in [3.8, 4) is 0 Å².